The number of likely N-dealkylation sites (N-methyl/N-ethyl adjacent to an activating group) is 1. The highest BCUT2D eigenvalue weighted by atomic mass is 16.5. The van der Waals surface area contributed by atoms with Crippen LogP contribution in [0.25, 0.3) is 0 Å². The molecule has 0 saturated carbocycles. The van der Waals surface area contributed by atoms with Crippen molar-refractivity contribution in [2.75, 3.05) is 66.6 Å². The normalized spacial score (nSPS) is 16.7. The van der Waals surface area contributed by atoms with E-state index in [0.717, 1.165) is 63.2 Å². The fourth-order valence-electron chi connectivity index (χ4n) is 3.49. The lowest BCUT2D eigenvalue weighted by Crippen LogP contribution is -2.52. The first-order valence-corrected chi connectivity index (χ1v) is 11.2. The Morgan fingerprint density at radius 3 is 2.67 bits per heavy atom. The molecular formula is C23H41N5O2. The monoisotopic (exact) mass is 419 g/mol. The van der Waals surface area contributed by atoms with Crippen molar-refractivity contribution in [3.63, 3.8) is 0 Å². The Morgan fingerprint density at radius 1 is 1.23 bits per heavy atom. The van der Waals surface area contributed by atoms with Gasteiger partial charge in [-0.15, -0.1) is 0 Å². The van der Waals surface area contributed by atoms with Crippen LogP contribution in [-0.4, -0.2) is 88.4 Å². The number of nitrogens with zero attached hydrogens (tertiary/aromatic N) is 3. The van der Waals surface area contributed by atoms with Crippen molar-refractivity contribution >= 4 is 5.96 Å². The zero-order valence-corrected chi connectivity index (χ0v) is 19.5. The molecule has 0 aromatic heterocycles. The minimum Gasteiger partial charge on any atom is -0.492 e. The molecule has 7 heteroatoms. The SMILES string of the molecule is CCNC(=NCc1cccc(OCCN(C)C)c1)NCC(C(C)C)N1CCOCC1. The van der Waals surface area contributed by atoms with Gasteiger partial charge in [0.05, 0.1) is 19.8 Å². The van der Waals surface area contributed by atoms with Crippen LogP contribution in [0.4, 0.5) is 0 Å². The van der Waals surface area contributed by atoms with Crippen molar-refractivity contribution in [2.24, 2.45) is 10.9 Å². The van der Waals surface area contributed by atoms with E-state index in [-0.39, 0.29) is 0 Å². The summed E-state index contributed by atoms with van der Waals surface area (Å²) >= 11 is 0. The van der Waals surface area contributed by atoms with Gasteiger partial charge >= 0.3 is 0 Å². The summed E-state index contributed by atoms with van der Waals surface area (Å²) in [6, 6.07) is 8.67. The second kappa shape index (κ2) is 13.5. The molecule has 2 rings (SSSR count). The van der Waals surface area contributed by atoms with Gasteiger partial charge in [0, 0.05) is 38.8 Å². The maximum absolute atomic E-state index is 5.85. The lowest BCUT2D eigenvalue weighted by Gasteiger charge is -2.37. The van der Waals surface area contributed by atoms with Gasteiger partial charge in [-0.25, -0.2) is 4.99 Å². The van der Waals surface area contributed by atoms with Gasteiger partial charge in [-0.3, -0.25) is 4.90 Å². The summed E-state index contributed by atoms with van der Waals surface area (Å²) in [7, 11) is 4.10. The average Bonchev–Trinajstić information content (AvgIpc) is 2.72. The van der Waals surface area contributed by atoms with Crippen LogP contribution < -0.4 is 15.4 Å². The quantitative estimate of drug-likeness (QED) is 0.423. The van der Waals surface area contributed by atoms with Crippen LogP contribution in [0.1, 0.15) is 26.3 Å². The predicted octanol–water partition coefficient (Wildman–Crippen LogP) is 2.04. The summed E-state index contributed by atoms with van der Waals surface area (Å²) in [5.41, 5.74) is 1.14. The van der Waals surface area contributed by atoms with E-state index in [1.54, 1.807) is 0 Å². The highest BCUT2D eigenvalue weighted by molar-refractivity contribution is 5.79. The van der Waals surface area contributed by atoms with E-state index >= 15 is 0 Å². The van der Waals surface area contributed by atoms with Gasteiger partial charge in [0.1, 0.15) is 12.4 Å². The molecule has 1 aliphatic rings. The lowest BCUT2D eigenvalue weighted by molar-refractivity contribution is 0.00752. The first kappa shape index (κ1) is 24.4. The van der Waals surface area contributed by atoms with Crippen LogP contribution in [0, 0.1) is 5.92 Å². The summed E-state index contributed by atoms with van der Waals surface area (Å²) in [6.07, 6.45) is 0. The van der Waals surface area contributed by atoms with E-state index in [1.165, 1.54) is 0 Å². The summed E-state index contributed by atoms with van der Waals surface area (Å²) in [5.74, 6) is 2.32. The van der Waals surface area contributed by atoms with E-state index in [9.17, 15) is 0 Å². The summed E-state index contributed by atoms with van der Waals surface area (Å²) in [4.78, 5) is 9.44. The van der Waals surface area contributed by atoms with Crippen LogP contribution in [0.15, 0.2) is 29.3 Å². The van der Waals surface area contributed by atoms with Crippen molar-refractivity contribution in [3.05, 3.63) is 29.8 Å². The Bertz CT molecular complexity index is 630. The van der Waals surface area contributed by atoms with Crippen LogP contribution in [0.2, 0.25) is 0 Å². The van der Waals surface area contributed by atoms with Gasteiger partial charge in [-0.1, -0.05) is 26.0 Å². The number of morpholine rings is 1. The van der Waals surface area contributed by atoms with Gasteiger partial charge in [-0.05, 0) is 44.6 Å². The topological polar surface area (TPSA) is 61.4 Å². The number of aliphatic imine (C=N–C) groups is 1. The second-order valence-electron chi connectivity index (χ2n) is 8.33. The summed E-state index contributed by atoms with van der Waals surface area (Å²) in [5, 5.41) is 6.92. The third-order valence-electron chi connectivity index (χ3n) is 5.23. The first-order valence-electron chi connectivity index (χ1n) is 11.2. The highest BCUT2D eigenvalue weighted by Gasteiger charge is 2.23. The van der Waals surface area contributed by atoms with E-state index in [1.807, 2.05) is 26.2 Å². The molecule has 1 saturated heterocycles. The average molecular weight is 420 g/mol. The molecule has 1 aromatic carbocycles. The molecule has 0 amide bonds. The van der Waals surface area contributed by atoms with Gasteiger partial charge in [0.25, 0.3) is 0 Å². The number of rotatable bonds is 11. The molecule has 1 unspecified atom stereocenters. The lowest BCUT2D eigenvalue weighted by atomic mass is 10.0. The molecule has 0 bridgehead atoms. The van der Waals surface area contributed by atoms with Crippen molar-refractivity contribution in [2.45, 2.75) is 33.4 Å². The summed E-state index contributed by atoms with van der Waals surface area (Å²) < 4.78 is 11.4. The molecule has 2 N–H and O–H groups in total. The van der Waals surface area contributed by atoms with Crippen molar-refractivity contribution < 1.29 is 9.47 Å². The second-order valence-corrected chi connectivity index (χ2v) is 8.33. The van der Waals surface area contributed by atoms with Crippen LogP contribution in [-0.2, 0) is 11.3 Å². The Morgan fingerprint density at radius 2 is 2.00 bits per heavy atom. The van der Waals surface area contributed by atoms with Crippen molar-refractivity contribution in [3.8, 4) is 5.75 Å². The third-order valence-corrected chi connectivity index (χ3v) is 5.23. The number of benzene rings is 1. The van der Waals surface area contributed by atoms with Crippen LogP contribution >= 0.6 is 0 Å². The van der Waals surface area contributed by atoms with E-state index < -0.39 is 0 Å². The Balaban J connectivity index is 1.93. The van der Waals surface area contributed by atoms with Gasteiger partial charge in [0.2, 0.25) is 0 Å². The zero-order valence-electron chi connectivity index (χ0n) is 19.5. The van der Waals surface area contributed by atoms with Crippen molar-refractivity contribution in [1.82, 2.24) is 20.4 Å². The van der Waals surface area contributed by atoms with E-state index in [4.69, 9.17) is 14.5 Å². The Labute approximate surface area is 182 Å². The number of ether oxygens (including phenoxy) is 2. The molecule has 1 aromatic rings. The molecule has 0 radical (unpaired) electrons. The molecular weight excluding hydrogens is 378 g/mol. The smallest absolute Gasteiger partial charge is 0.191 e. The molecule has 1 heterocycles. The fourth-order valence-corrected chi connectivity index (χ4v) is 3.49. The van der Waals surface area contributed by atoms with Gasteiger partial charge in [-0.2, -0.15) is 0 Å². The highest BCUT2D eigenvalue weighted by Crippen LogP contribution is 2.14. The molecule has 0 aliphatic carbocycles. The zero-order chi connectivity index (χ0) is 21.8. The number of hydrogen-bond acceptors (Lipinski definition) is 5. The third kappa shape index (κ3) is 8.90. The van der Waals surface area contributed by atoms with Crippen LogP contribution in [0.5, 0.6) is 5.75 Å². The molecule has 0 spiro atoms. The number of hydrogen-bond donors (Lipinski definition) is 2. The molecule has 1 fully saturated rings. The molecule has 30 heavy (non-hydrogen) atoms. The minimum atomic E-state index is 0.464. The molecule has 170 valence electrons. The Hall–Kier alpha value is -1.83. The van der Waals surface area contributed by atoms with E-state index in [0.29, 0.717) is 25.1 Å². The van der Waals surface area contributed by atoms with Gasteiger partial charge < -0.3 is 25.0 Å². The standard InChI is InChI=1S/C23H41N5O2/c1-6-24-23(26-18-22(19(2)3)28-11-13-29-14-12-28)25-17-20-8-7-9-21(16-20)30-15-10-27(4)5/h7-9,16,19,22H,6,10-15,17-18H2,1-5H3,(H2,24,25,26). The number of guanidine groups is 1. The summed E-state index contributed by atoms with van der Waals surface area (Å²) in [6.45, 7) is 14.2. The maximum Gasteiger partial charge on any atom is 0.191 e. The first-order chi connectivity index (χ1) is 14.5. The molecule has 7 nitrogen and oxygen atoms in total. The molecule has 1 atom stereocenters. The minimum absolute atomic E-state index is 0.464. The van der Waals surface area contributed by atoms with E-state index in [2.05, 4.69) is 53.3 Å². The van der Waals surface area contributed by atoms with Crippen molar-refractivity contribution in [1.29, 1.82) is 0 Å². The van der Waals surface area contributed by atoms with Gasteiger partial charge in [0.15, 0.2) is 5.96 Å². The Kier molecular flexibility index (Phi) is 11.0. The van der Waals surface area contributed by atoms with Crippen LogP contribution in [0.3, 0.4) is 0 Å². The predicted molar refractivity (Wildman–Crippen MR) is 124 cm³/mol. The number of nitrogens with one attached hydrogen (secondary N) is 2. The maximum atomic E-state index is 5.85. The largest absolute Gasteiger partial charge is 0.492 e. The fraction of sp³-hybridized carbons (Fsp3) is 0.696. The molecule has 1 aliphatic heterocycles.